The van der Waals surface area contributed by atoms with Crippen molar-refractivity contribution in [3.8, 4) is 11.8 Å². The molecule has 5 rings (SSSR count). The van der Waals surface area contributed by atoms with Crippen LogP contribution in [0.4, 0.5) is 24.9 Å². The van der Waals surface area contributed by atoms with Crippen LogP contribution in [0.25, 0.3) is 0 Å². The maximum absolute atomic E-state index is 13.5. The zero-order chi connectivity index (χ0) is 22.9. The second-order valence-corrected chi connectivity index (χ2v) is 8.53. The van der Waals surface area contributed by atoms with Crippen LogP contribution in [0, 0.1) is 30.4 Å². The van der Waals surface area contributed by atoms with Crippen LogP contribution in [-0.2, 0) is 6.54 Å². The number of aromatic nitrogens is 5. The first kappa shape index (κ1) is 21.5. The summed E-state index contributed by atoms with van der Waals surface area (Å²) in [4.78, 5) is 15.2. The van der Waals surface area contributed by atoms with E-state index in [1.54, 1.807) is 6.33 Å². The first-order valence-electron chi connectivity index (χ1n) is 10.9. The number of benzene rings is 1. The summed E-state index contributed by atoms with van der Waals surface area (Å²) < 4.78 is 46.9. The molecule has 8 nitrogen and oxygen atoms in total. The molecular formula is C22H24F3N7O. The van der Waals surface area contributed by atoms with E-state index in [9.17, 15) is 13.2 Å². The summed E-state index contributed by atoms with van der Waals surface area (Å²) in [6.07, 6.45) is 3.73. The zero-order valence-electron chi connectivity index (χ0n) is 18.1. The van der Waals surface area contributed by atoms with Crippen LogP contribution >= 0.6 is 0 Å². The van der Waals surface area contributed by atoms with Gasteiger partial charge in [0.15, 0.2) is 0 Å². The Kier molecular flexibility index (Phi) is 5.77. The van der Waals surface area contributed by atoms with E-state index in [1.807, 2.05) is 13.0 Å². The van der Waals surface area contributed by atoms with Crippen LogP contribution in [0.15, 0.2) is 30.6 Å². The number of anilines is 2. The minimum Gasteiger partial charge on any atom is -0.424 e. The summed E-state index contributed by atoms with van der Waals surface area (Å²) in [5.41, 5.74) is 0.931. The number of aryl methyl sites for hydroxylation is 2. The van der Waals surface area contributed by atoms with Gasteiger partial charge in [-0.05, 0) is 31.6 Å². The largest absolute Gasteiger partial charge is 0.424 e. The van der Waals surface area contributed by atoms with Crippen LogP contribution in [-0.4, -0.2) is 50.5 Å². The van der Waals surface area contributed by atoms with Gasteiger partial charge in [0.2, 0.25) is 5.95 Å². The Morgan fingerprint density at radius 1 is 1.06 bits per heavy atom. The van der Waals surface area contributed by atoms with Gasteiger partial charge in [-0.3, -0.25) is 0 Å². The maximum atomic E-state index is 13.5. The molecule has 0 amide bonds. The van der Waals surface area contributed by atoms with Crippen molar-refractivity contribution in [3.63, 3.8) is 0 Å². The molecule has 1 aromatic carbocycles. The van der Waals surface area contributed by atoms with Gasteiger partial charge in [-0.2, -0.15) is 4.98 Å². The number of fused-ring (bicyclic) bond motifs is 2. The molecule has 3 heterocycles. The lowest BCUT2D eigenvalue weighted by Crippen LogP contribution is -2.48. The number of piperidine rings is 1. The number of hydrogen-bond donors (Lipinski definition) is 1. The molecule has 174 valence electrons. The quantitative estimate of drug-likeness (QED) is 0.576. The van der Waals surface area contributed by atoms with Crippen molar-refractivity contribution < 1.29 is 17.9 Å². The summed E-state index contributed by atoms with van der Waals surface area (Å²) in [5, 5.41) is 7.73. The fourth-order valence-electron chi connectivity index (χ4n) is 4.79. The molecule has 2 bridgehead atoms. The molecule has 0 unspecified atom stereocenters. The molecule has 2 fully saturated rings. The number of alkyl halides is 1. The lowest BCUT2D eigenvalue weighted by Gasteiger charge is -2.38. The fourth-order valence-corrected chi connectivity index (χ4v) is 4.79. The van der Waals surface area contributed by atoms with Gasteiger partial charge in [0.05, 0.1) is 6.54 Å². The van der Waals surface area contributed by atoms with Gasteiger partial charge in [0, 0.05) is 49.1 Å². The molecule has 1 aliphatic heterocycles. The van der Waals surface area contributed by atoms with Gasteiger partial charge in [0.1, 0.15) is 36.2 Å². The standard InChI is InChI=1S/C22H24F3N7O/c1-13-6-19(27-12-26-13)31-10-14-2-3-15(11-31)20(14)28-21-29-22(32(30-21)5-4-23)33-18-8-16(24)7-17(25)9-18/h6-9,12,14-15,20H,2-5,10-11H2,1H3,(H,28,30)/t14-,15-/m0/s1. The Hall–Kier alpha value is -3.37. The third-order valence-electron chi connectivity index (χ3n) is 6.22. The van der Waals surface area contributed by atoms with Crippen molar-refractivity contribution in [1.29, 1.82) is 0 Å². The van der Waals surface area contributed by atoms with Gasteiger partial charge in [-0.15, -0.1) is 5.10 Å². The van der Waals surface area contributed by atoms with Gasteiger partial charge < -0.3 is 15.0 Å². The van der Waals surface area contributed by atoms with E-state index in [4.69, 9.17) is 4.74 Å². The SMILES string of the molecule is Cc1cc(N2C[C@@H]3CC[C@@H](C2)C3Nc2nc(Oc3cc(F)cc(F)c3)n(CCF)n2)ncn1. The first-order valence-corrected chi connectivity index (χ1v) is 10.9. The number of hydrogen-bond acceptors (Lipinski definition) is 7. The second-order valence-electron chi connectivity index (χ2n) is 8.53. The molecule has 3 aromatic rings. The lowest BCUT2D eigenvalue weighted by atomic mass is 9.92. The molecule has 11 heteroatoms. The highest BCUT2D eigenvalue weighted by molar-refractivity contribution is 5.42. The Labute approximate surface area is 188 Å². The van der Waals surface area contributed by atoms with Crippen molar-refractivity contribution in [3.05, 3.63) is 47.9 Å². The van der Waals surface area contributed by atoms with Gasteiger partial charge in [-0.25, -0.2) is 27.8 Å². The Bertz CT molecular complexity index is 1110. The number of rotatable bonds is 7. The topological polar surface area (TPSA) is 81.0 Å². The predicted octanol–water partition coefficient (Wildman–Crippen LogP) is 3.74. The van der Waals surface area contributed by atoms with E-state index in [1.165, 1.54) is 4.68 Å². The van der Waals surface area contributed by atoms with E-state index >= 15 is 0 Å². The van der Waals surface area contributed by atoms with Crippen LogP contribution < -0.4 is 15.0 Å². The summed E-state index contributed by atoms with van der Waals surface area (Å²) >= 11 is 0. The molecule has 33 heavy (non-hydrogen) atoms. The monoisotopic (exact) mass is 459 g/mol. The van der Waals surface area contributed by atoms with E-state index in [0.29, 0.717) is 17.8 Å². The minimum atomic E-state index is -0.776. The number of ether oxygens (including phenoxy) is 1. The predicted molar refractivity (Wildman–Crippen MR) is 115 cm³/mol. The van der Waals surface area contributed by atoms with Crippen molar-refractivity contribution in [1.82, 2.24) is 24.7 Å². The molecule has 2 aliphatic rings. The molecule has 1 N–H and O–H groups in total. The third-order valence-corrected chi connectivity index (χ3v) is 6.22. The summed E-state index contributed by atoms with van der Waals surface area (Å²) in [6, 6.07) is 4.94. The van der Waals surface area contributed by atoms with Gasteiger partial charge in [0.25, 0.3) is 0 Å². The van der Waals surface area contributed by atoms with Gasteiger partial charge in [-0.1, -0.05) is 0 Å². The average Bonchev–Trinajstić information content (AvgIpc) is 3.22. The Morgan fingerprint density at radius 3 is 2.45 bits per heavy atom. The van der Waals surface area contributed by atoms with E-state index in [0.717, 1.165) is 55.6 Å². The molecule has 1 aliphatic carbocycles. The number of nitrogens with one attached hydrogen (secondary N) is 1. The molecule has 2 atom stereocenters. The smallest absolute Gasteiger partial charge is 0.322 e. The molecule has 2 aromatic heterocycles. The Balaban J connectivity index is 1.32. The van der Waals surface area contributed by atoms with Crippen molar-refractivity contribution in [2.24, 2.45) is 11.8 Å². The fraction of sp³-hybridized carbons (Fsp3) is 0.455. The summed E-state index contributed by atoms with van der Waals surface area (Å²) in [7, 11) is 0. The summed E-state index contributed by atoms with van der Waals surface area (Å²) in [5.74, 6) is 0.358. The molecule has 0 radical (unpaired) electrons. The summed E-state index contributed by atoms with van der Waals surface area (Å²) in [6.45, 7) is 2.88. The first-order chi connectivity index (χ1) is 16.0. The van der Waals surface area contributed by atoms with Crippen molar-refractivity contribution in [2.45, 2.75) is 32.4 Å². The number of nitrogens with zero attached hydrogens (tertiary/aromatic N) is 6. The average molecular weight is 459 g/mol. The normalized spacial score (nSPS) is 21.9. The van der Waals surface area contributed by atoms with Crippen molar-refractivity contribution in [2.75, 3.05) is 30.0 Å². The molecule has 1 saturated heterocycles. The maximum Gasteiger partial charge on any atom is 0.322 e. The highest BCUT2D eigenvalue weighted by atomic mass is 19.1. The number of halogens is 3. The van der Waals surface area contributed by atoms with Crippen LogP contribution in [0.1, 0.15) is 18.5 Å². The molecule has 0 spiro atoms. The minimum absolute atomic E-state index is 0.0265. The highest BCUT2D eigenvalue weighted by Gasteiger charge is 2.43. The zero-order valence-corrected chi connectivity index (χ0v) is 18.1. The van der Waals surface area contributed by atoms with Gasteiger partial charge >= 0.3 is 6.01 Å². The molecule has 1 saturated carbocycles. The van der Waals surface area contributed by atoms with Crippen LogP contribution in [0.2, 0.25) is 0 Å². The van der Waals surface area contributed by atoms with E-state index in [2.05, 4.69) is 30.3 Å². The molecular weight excluding hydrogens is 435 g/mol. The Morgan fingerprint density at radius 2 is 1.79 bits per heavy atom. The van der Waals surface area contributed by atoms with E-state index in [-0.39, 0.29) is 24.3 Å². The second kappa shape index (κ2) is 8.87. The lowest BCUT2D eigenvalue weighted by molar-refractivity contribution is 0.360. The van der Waals surface area contributed by atoms with Crippen LogP contribution in [0.5, 0.6) is 11.8 Å². The van der Waals surface area contributed by atoms with E-state index < -0.39 is 18.3 Å². The van der Waals surface area contributed by atoms with Crippen molar-refractivity contribution >= 4 is 11.8 Å². The third kappa shape index (κ3) is 4.57. The van der Waals surface area contributed by atoms with Crippen LogP contribution in [0.3, 0.4) is 0 Å². The highest BCUT2D eigenvalue weighted by Crippen LogP contribution is 2.39.